The number of halogens is 4. The summed E-state index contributed by atoms with van der Waals surface area (Å²) in [5.74, 6) is -0.949. The molecule has 2 aromatic rings. The molecule has 22 heavy (non-hydrogen) atoms. The van der Waals surface area contributed by atoms with Crippen LogP contribution in [-0.2, 0) is 17.5 Å². The van der Waals surface area contributed by atoms with Crippen molar-refractivity contribution in [3.05, 3.63) is 34.4 Å². The second kappa shape index (κ2) is 6.26. The molecule has 0 spiro atoms. The van der Waals surface area contributed by atoms with Crippen LogP contribution >= 0.6 is 11.6 Å². The van der Waals surface area contributed by atoms with E-state index in [-0.39, 0.29) is 29.7 Å². The summed E-state index contributed by atoms with van der Waals surface area (Å²) in [4.78, 5) is 15.2. The number of tetrazole rings is 1. The number of esters is 1. The zero-order valence-electron chi connectivity index (χ0n) is 11.1. The van der Waals surface area contributed by atoms with E-state index >= 15 is 0 Å². The molecule has 0 N–H and O–H groups in total. The first kappa shape index (κ1) is 16.1. The monoisotopic (exact) mass is 335 g/mol. The van der Waals surface area contributed by atoms with E-state index in [1.165, 1.54) is 0 Å². The van der Waals surface area contributed by atoms with Gasteiger partial charge in [0.1, 0.15) is 0 Å². The van der Waals surface area contributed by atoms with Crippen LogP contribution in [0, 0.1) is 0 Å². The van der Waals surface area contributed by atoms with E-state index in [2.05, 4.69) is 20.5 Å². The Morgan fingerprint density at radius 1 is 1.45 bits per heavy atom. The molecule has 0 unspecified atom stereocenters. The van der Waals surface area contributed by atoms with Gasteiger partial charge < -0.3 is 4.74 Å². The molecule has 0 amide bonds. The van der Waals surface area contributed by atoms with Gasteiger partial charge in [-0.2, -0.15) is 13.2 Å². The lowest BCUT2D eigenvalue weighted by atomic mass is 10.2. The quantitative estimate of drug-likeness (QED) is 0.794. The second-order valence-corrected chi connectivity index (χ2v) is 4.44. The number of nitrogens with zero attached hydrogens (tertiary/aromatic N) is 5. The fraction of sp³-hybridized carbons (Fsp3) is 0.364. The summed E-state index contributed by atoms with van der Waals surface area (Å²) in [5.41, 5.74) is -0.879. The van der Waals surface area contributed by atoms with Crippen molar-refractivity contribution in [2.75, 3.05) is 6.61 Å². The van der Waals surface area contributed by atoms with Gasteiger partial charge in [-0.25, -0.2) is 9.48 Å². The number of hydrogen-bond acceptors (Lipinski definition) is 6. The van der Waals surface area contributed by atoms with Gasteiger partial charge in [-0.15, -0.1) is 5.10 Å². The third-order valence-electron chi connectivity index (χ3n) is 2.53. The summed E-state index contributed by atoms with van der Waals surface area (Å²) in [6, 6.07) is 0.748. The van der Waals surface area contributed by atoms with E-state index in [1.807, 2.05) is 0 Å². The summed E-state index contributed by atoms with van der Waals surface area (Å²) < 4.78 is 43.4. The second-order valence-electron chi connectivity index (χ2n) is 4.03. The Morgan fingerprint density at radius 2 is 2.18 bits per heavy atom. The van der Waals surface area contributed by atoms with Gasteiger partial charge >= 0.3 is 12.1 Å². The summed E-state index contributed by atoms with van der Waals surface area (Å²) in [6.07, 6.45) is -3.89. The minimum atomic E-state index is -4.54. The van der Waals surface area contributed by atoms with Crippen LogP contribution in [0.3, 0.4) is 0 Å². The smallest absolute Gasteiger partial charge is 0.417 e. The van der Waals surface area contributed by atoms with Crippen LogP contribution in [0.15, 0.2) is 12.3 Å². The Morgan fingerprint density at radius 3 is 2.77 bits per heavy atom. The van der Waals surface area contributed by atoms with Crippen LogP contribution in [0.2, 0.25) is 5.02 Å². The third kappa shape index (κ3) is 3.50. The number of rotatable bonds is 4. The standard InChI is InChI=1S/C11H9ClF3N5O2/c1-2-22-10(21)9-17-18-19-20(9)5-8-7(12)3-6(4-16-8)11(13,14)15/h3-4H,2,5H2,1H3. The van der Waals surface area contributed by atoms with Gasteiger partial charge in [-0.3, -0.25) is 4.98 Å². The molecular formula is C11H9ClF3N5O2. The average molecular weight is 336 g/mol. The van der Waals surface area contributed by atoms with E-state index in [0.29, 0.717) is 6.20 Å². The molecule has 7 nitrogen and oxygen atoms in total. The van der Waals surface area contributed by atoms with E-state index in [4.69, 9.17) is 16.3 Å². The van der Waals surface area contributed by atoms with Crippen molar-refractivity contribution in [1.82, 2.24) is 25.2 Å². The highest BCUT2D eigenvalue weighted by atomic mass is 35.5. The predicted octanol–water partition coefficient (Wildman–Crippen LogP) is 1.97. The molecule has 0 aromatic carbocycles. The Hall–Kier alpha value is -2.23. The minimum Gasteiger partial charge on any atom is -0.460 e. The van der Waals surface area contributed by atoms with Crippen LogP contribution < -0.4 is 0 Å². The number of hydrogen-bond donors (Lipinski definition) is 0. The highest BCUT2D eigenvalue weighted by Crippen LogP contribution is 2.31. The van der Waals surface area contributed by atoms with Crippen molar-refractivity contribution in [3.8, 4) is 0 Å². The van der Waals surface area contributed by atoms with Crippen molar-refractivity contribution in [1.29, 1.82) is 0 Å². The SMILES string of the molecule is CCOC(=O)c1nnnn1Cc1ncc(C(F)(F)F)cc1Cl. The highest BCUT2D eigenvalue weighted by molar-refractivity contribution is 6.31. The van der Waals surface area contributed by atoms with Gasteiger partial charge in [-0.05, 0) is 23.4 Å². The molecule has 2 aromatic heterocycles. The number of alkyl halides is 3. The molecule has 0 aliphatic carbocycles. The average Bonchev–Trinajstić information content (AvgIpc) is 2.88. The van der Waals surface area contributed by atoms with Gasteiger partial charge in [0.15, 0.2) is 0 Å². The molecule has 0 fully saturated rings. The maximum atomic E-state index is 12.5. The molecule has 0 saturated carbocycles. The molecule has 11 heteroatoms. The maximum absolute atomic E-state index is 12.5. The van der Waals surface area contributed by atoms with Gasteiger partial charge in [-0.1, -0.05) is 11.6 Å². The van der Waals surface area contributed by atoms with Gasteiger partial charge in [0, 0.05) is 6.20 Å². The van der Waals surface area contributed by atoms with Crippen molar-refractivity contribution in [3.63, 3.8) is 0 Å². The molecule has 2 heterocycles. The first-order valence-electron chi connectivity index (χ1n) is 5.97. The fourth-order valence-electron chi connectivity index (χ4n) is 1.53. The number of ether oxygens (including phenoxy) is 1. The lowest BCUT2D eigenvalue weighted by Crippen LogP contribution is -2.16. The Balaban J connectivity index is 2.25. The normalized spacial score (nSPS) is 11.5. The minimum absolute atomic E-state index is 0.0903. The lowest BCUT2D eigenvalue weighted by molar-refractivity contribution is -0.137. The number of carbonyl (C=O) groups excluding carboxylic acids is 1. The number of pyridine rings is 1. The van der Waals surface area contributed by atoms with Gasteiger partial charge in [0.05, 0.1) is 29.4 Å². The van der Waals surface area contributed by atoms with Crippen molar-refractivity contribution in [2.45, 2.75) is 19.6 Å². The molecule has 0 saturated heterocycles. The largest absolute Gasteiger partial charge is 0.460 e. The fourth-order valence-corrected chi connectivity index (χ4v) is 1.76. The Kier molecular flexibility index (Phi) is 4.59. The van der Waals surface area contributed by atoms with Gasteiger partial charge in [0.25, 0.3) is 5.82 Å². The van der Waals surface area contributed by atoms with Crippen molar-refractivity contribution >= 4 is 17.6 Å². The maximum Gasteiger partial charge on any atom is 0.417 e. The zero-order chi connectivity index (χ0) is 16.3. The van der Waals surface area contributed by atoms with E-state index < -0.39 is 17.7 Å². The summed E-state index contributed by atoms with van der Waals surface area (Å²) >= 11 is 5.78. The first-order chi connectivity index (χ1) is 10.3. The molecule has 2 rings (SSSR count). The van der Waals surface area contributed by atoms with Crippen LogP contribution in [0.4, 0.5) is 13.2 Å². The summed E-state index contributed by atoms with van der Waals surface area (Å²) in [7, 11) is 0. The van der Waals surface area contributed by atoms with E-state index in [9.17, 15) is 18.0 Å². The molecule has 0 aliphatic heterocycles. The molecule has 118 valence electrons. The van der Waals surface area contributed by atoms with Crippen molar-refractivity contribution in [2.24, 2.45) is 0 Å². The predicted molar refractivity (Wildman–Crippen MR) is 67.1 cm³/mol. The summed E-state index contributed by atoms with van der Waals surface area (Å²) in [5, 5.41) is 10.2. The molecule has 0 aliphatic rings. The third-order valence-corrected chi connectivity index (χ3v) is 2.86. The molecule has 0 radical (unpaired) electrons. The first-order valence-corrected chi connectivity index (χ1v) is 6.35. The molecule has 0 bridgehead atoms. The summed E-state index contributed by atoms with van der Waals surface area (Å²) in [6.45, 7) is 1.57. The Bertz CT molecular complexity index is 689. The molecular weight excluding hydrogens is 327 g/mol. The van der Waals surface area contributed by atoms with Crippen LogP contribution in [0.25, 0.3) is 0 Å². The van der Waals surface area contributed by atoms with Crippen LogP contribution in [0.1, 0.15) is 28.8 Å². The van der Waals surface area contributed by atoms with E-state index in [1.54, 1.807) is 6.92 Å². The number of carbonyl (C=O) groups is 1. The molecule has 0 atom stereocenters. The van der Waals surface area contributed by atoms with E-state index in [0.717, 1.165) is 10.7 Å². The number of aromatic nitrogens is 5. The van der Waals surface area contributed by atoms with Gasteiger partial charge in [0.2, 0.25) is 0 Å². The Labute approximate surface area is 127 Å². The van der Waals surface area contributed by atoms with Crippen LogP contribution in [-0.4, -0.2) is 37.8 Å². The topological polar surface area (TPSA) is 82.8 Å². The van der Waals surface area contributed by atoms with Crippen LogP contribution in [0.5, 0.6) is 0 Å². The highest BCUT2D eigenvalue weighted by Gasteiger charge is 2.31. The van der Waals surface area contributed by atoms with Crippen molar-refractivity contribution < 1.29 is 22.7 Å². The lowest BCUT2D eigenvalue weighted by Gasteiger charge is -2.09. The zero-order valence-corrected chi connectivity index (χ0v) is 11.9.